The molecule has 2 saturated heterocycles. The maximum atomic E-state index is 13.5. The molecule has 3 heterocycles. The Balaban J connectivity index is 1.56. The number of hydrogen-bond acceptors (Lipinski definition) is 8. The van der Waals surface area contributed by atoms with Crippen molar-refractivity contribution in [1.29, 1.82) is 0 Å². The summed E-state index contributed by atoms with van der Waals surface area (Å²) >= 11 is 0. The van der Waals surface area contributed by atoms with Crippen LogP contribution in [0.4, 0.5) is 0 Å². The van der Waals surface area contributed by atoms with Gasteiger partial charge >= 0.3 is 0 Å². The average Bonchev–Trinajstić information content (AvgIpc) is 3.46. The van der Waals surface area contributed by atoms with E-state index in [9.17, 15) is 14.7 Å². The van der Waals surface area contributed by atoms with Crippen LogP contribution in [0.15, 0.2) is 42.0 Å². The lowest BCUT2D eigenvalue weighted by Gasteiger charge is -2.31. The number of Topliss-reactive ketones (excluding diaryl/α,β-unsaturated/α-hetero) is 1. The highest BCUT2D eigenvalue weighted by atomic mass is 16.5. The van der Waals surface area contributed by atoms with E-state index in [1.54, 1.807) is 11.0 Å². The zero-order valence-electron chi connectivity index (χ0n) is 23.5. The third kappa shape index (κ3) is 5.67. The van der Waals surface area contributed by atoms with Crippen LogP contribution >= 0.6 is 0 Å². The highest BCUT2D eigenvalue weighted by Gasteiger charge is 2.46. The van der Waals surface area contributed by atoms with Crippen LogP contribution in [0.5, 0.6) is 17.2 Å². The summed E-state index contributed by atoms with van der Waals surface area (Å²) in [7, 11) is 0. The van der Waals surface area contributed by atoms with Crippen LogP contribution < -0.4 is 14.2 Å². The summed E-state index contributed by atoms with van der Waals surface area (Å²) in [5.74, 6) is 0.404. The summed E-state index contributed by atoms with van der Waals surface area (Å²) in [5.41, 5.74) is 2.20. The van der Waals surface area contributed by atoms with Crippen molar-refractivity contribution in [3.63, 3.8) is 0 Å². The largest absolute Gasteiger partial charge is 0.507 e. The van der Waals surface area contributed by atoms with E-state index in [0.717, 1.165) is 30.8 Å². The van der Waals surface area contributed by atoms with E-state index in [-0.39, 0.29) is 17.4 Å². The Morgan fingerprint density at radius 2 is 1.82 bits per heavy atom. The van der Waals surface area contributed by atoms with E-state index >= 15 is 0 Å². The Morgan fingerprint density at radius 3 is 2.58 bits per heavy atom. The fourth-order valence-corrected chi connectivity index (χ4v) is 5.55. The van der Waals surface area contributed by atoms with Gasteiger partial charge in [-0.15, -0.1) is 0 Å². The smallest absolute Gasteiger partial charge is 0.295 e. The van der Waals surface area contributed by atoms with Gasteiger partial charge in [-0.2, -0.15) is 0 Å². The number of morpholine rings is 1. The molecule has 1 N–H and O–H groups in total. The summed E-state index contributed by atoms with van der Waals surface area (Å²) in [6.45, 7) is 10.6. The molecule has 9 nitrogen and oxygen atoms in total. The maximum absolute atomic E-state index is 13.5. The van der Waals surface area contributed by atoms with Gasteiger partial charge in [-0.1, -0.05) is 13.0 Å². The number of carbonyl (C=O) groups is 2. The van der Waals surface area contributed by atoms with Crippen molar-refractivity contribution in [2.24, 2.45) is 0 Å². The number of ketones is 1. The van der Waals surface area contributed by atoms with Crippen molar-refractivity contribution in [3.05, 3.63) is 58.7 Å². The van der Waals surface area contributed by atoms with Crippen LogP contribution in [-0.2, 0) is 20.7 Å². The topological polar surface area (TPSA) is 97.8 Å². The molecule has 2 aromatic carbocycles. The number of aliphatic hydroxyl groups excluding tert-OH is 1. The number of benzene rings is 2. The molecule has 0 aliphatic carbocycles. The summed E-state index contributed by atoms with van der Waals surface area (Å²) in [6.07, 6.45) is 1.60. The molecule has 2 aromatic rings. The molecule has 40 heavy (non-hydrogen) atoms. The van der Waals surface area contributed by atoms with E-state index in [2.05, 4.69) is 4.90 Å². The summed E-state index contributed by atoms with van der Waals surface area (Å²) in [5, 5.41) is 11.6. The quantitative estimate of drug-likeness (QED) is 0.270. The SMILES string of the molecule is CCCOc1ccc([C@H]2/C(=C(\O)c3ccc4c(c3)C[C@@H](C)O4)C(=O)C(=O)N2CCN2CCOCC2)cc1OCC. The average molecular weight is 551 g/mol. The lowest BCUT2D eigenvalue weighted by Crippen LogP contribution is -2.42. The molecule has 5 rings (SSSR count). The van der Waals surface area contributed by atoms with Crippen molar-refractivity contribution in [2.45, 2.75) is 45.8 Å². The molecule has 214 valence electrons. The first kappa shape index (κ1) is 28.0. The monoisotopic (exact) mass is 550 g/mol. The Labute approximate surface area is 235 Å². The minimum atomic E-state index is -0.774. The molecule has 3 aliphatic rings. The zero-order valence-corrected chi connectivity index (χ0v) is 23.5. The van der Waals surface area contributed by atoms with E-state index in [1.165, 1.54) is 0 Å². The van der Waals surface area contributed by atoms with Gasteiger partial charge in [0.2, 0.25) is 0 Å². The Hall–Kier alpha value is -3.56. The van der Waals surface area contributed by atoms with E-state index in [1.807, 2.05) is 51.1 Å². The Kier molecular flexibility index (Phi) is 8.61. The second kappa shape index (κ2) is 12.3. The summed E-state index contributed by atoms with van der Waals surface area (Å²) in [4.78, 5) is 30.8. The maximum Gasteiger partial charge on any atom is 0.295 e. The molecular weight excluding hydrogens is 512 g/mol. The Bertz CT molecular complexity index is 1280. The van der Waals surface area contributed by atoms with Crippen molar-refractivity contribution < 1.29 is 33.6 Å². The number of rotatable bonds is 10. The molecule has 2 fully saturated rings. The van der Waals surface area contributed by atoms with Gasteiger partial charge in [0, 0.05) is 38.2 Å². The van der Waals surface area contributed by atoms with E-state index in [0.29, 0.717) is 68.6 Å². The second-order valence-electron chi connectivity index (χ2n) is 10.4. The third-order valence-electron chi connectivity index (χ3n) is 7.52. The molecule has 2 atom stereocenters. The lowest BCUT2D eigenvalue weighted by molar-refractivity contribution is -0.140. The van der Waals surface area contributed by atoms with Gasteiger partial charge in [0.1, 0.15) is 17.6 Å². The molecule has 9 heteroatoms. The van der Waals surface area contributed by atoms with Crippen LogP contribution in [0, 0.1) is 0 Å². The van der Waals surface area contributed by atoms with Crippen LogP contribution in [0.3, 0.4) is 0 Å². The number of fused-ring (bicyclic) bond motifs is 1. The molecule has 0 bridgehead atoms. The standard InChI is InChI=1S/C31H38N2O7/c1-4-14-39-25-9-6-21(19-26(25)38-5-2)28-27(29(34)22-7-8-24-23(18-22)17-20(3)40-24)30(35)31(36)33(28)11-10-32-12-15-37-16-13-32/h6-9,18-20,28,34H,4-5,10-17H2,1-3H3/b29-27+/t20-,28+/m1/s1. The van der Waals surface area contributed by atoms with Gasteiger partial charge in [0.05, 0.1) is 38.0 Å². The minimum absolute atomic E-state index is 0.0450. The highest BCUT2D eigenvalue weighted by molar-refractivity contribution is 6.46. The number of carbonyl (C=O) groups excluding carboxylic acids is 2. The van der Waals surface area contributed by atoms with Crippen molar-refractivity contribution in [3.8, 4) is 17.2 Å². The third-order valence-corrected chi connectivity index (χ3v) is 7.52. The first-order valence-corrected chi connectivity index (χ1v) is 14.2. The van der Waals surface area contributed by atoms with Gasteiger partial charge in [-0.25, -0.2) is 0 Å². The number of ether oxygens (including phenoxy) is 4. The molecular formula is C31H38N2O7. The number of amides is 1. The first-order chi connectivity index (χ1) is 19.4. The van der Waals surface area contributed by atoms with Crippen molar-refractivity contribution >= 4 is 17.4 Å². The fourth-order valence-electron chi connectivity index (χ4n) is 5.55. The molecule has 0 aromatic heterocycles. The van der Waals surface area contributed by atoms with Crippen molar-refractivity contribution in [1.82, 2.24) is 9.80 Å². The highest BCUT2D eigenvalue weighted by Crippen LogP contribution is 2.43. The molecule has 0 saturated carbocycles. The molecule has 0 radical (unpaired) electrons. The van der Waals surface area contributed by atoms with Gasteiger partial charge < -0.3 is 29.0 Å². The van der Waals surface area contributed by atoms with Gasteiger partial charge in [0.15, 0.2) is 11.5 Å². The van der Waals surface area contributed by atoms with Crippen LogP contribution in [0.2, 0.25) is 0 Å². The molecule has 3 aliphatic heterocycles. The van der Waals surface area contributed by atoms with Gasteiger partial charge in [0.25, 0.3) is 11.7 Å². The fraction of sp³-hybridized carbons (Fsp3) is 0.484. The van der Waals surface area contributed by atoms with E-state index in [4.69, 9.17) is 18.9 Å². The molecule has 0 unspecified atom stereocenters. The predicted molar refractivity (Wildman–Crippen MR) is 150 cm³/mol. The number of nitrogens with zero attached hydrogens (tertiary/aromatic N) is 2. The second-order valence-corrected chi connectivity index (χ2v) is 10.4. The normalized spacial score (nSPS) is 22.3. The Morgan fingerprint density at radius 1 is 1.02 bits per heavy atom. The number of hydrogen-bond donors (Lipinski definition) is 1. The lowest BCUT2D eigenvalue weighted by atomic mass is 9.94. The van der Waals surface area contributed by atoms with Crippen LogP contribution in [-0.4, -0.2) is 85.3 Å². The zero-order chi connectivity index (χ0) is 28.2. The number of likely N-dealkylation sites (tertiary alicyclic amines) is 1. The minimum Gasteiger partial charge on any atom is -0.507 e. The van der Waals surface area contributed by atoms with Crippen LogP contribution in [0.1, 0.15) is 49.9 Å². The van der Waals surface area contributed by atoms with Crippen molar-refractivity contribution in [2.75, 3.05) is 52.6 Å². The first-order valence-electron chi connectivity index (χ1n) is 14.2. The molecule has 0 spiro atoms. The number of aliphatic hydroxyl groups is 1. The van der Waals surface area contributed by atoms with Crippen LogP contribution in [0.25, 0.3) is 5.76 Å². The van der Waals surface area contributed by atoms with E-state index < -0.39 is 17.7 Å². The predicted octanol–water partition coefficient (Wildman–Crippen LogP) is 3.95. The van der Waals surface area contributed by atoms with Gasteiger partial charge in [-0.05, 0) is 61.7 Å². The summed E-state index contributed by atoms with van der Waals surface area (Å²) in [6, 6.07) is 10.1. The summed E-state index contributed by atoms with van der Waals surface area (Å²) < 4.78 is 23.0. The van der Waals surface area contributed by atoms with Gasteiger partial charge in [-0.3, -0.25) is 14.5 Å². The molecule has 1 amide bonds.